The van der Waals surface area contributed by atoms with E-state index in [1.54, 1.807) is 50.4 Å². The molecule has 1 aliphatic rings. The molecule has 0 bridgehead atoms. The summed E-state index contributed by atoms with van der Waals surface area (Å²) in [6.07, 6.45) is 1.42. The number of phenols is 1. The van der Waals surface area contributed by atoms with Crippen molar-refractivity contribution in [2.45, 2.75) is 107 Å². The van der Waals surface area contributed by atoms with Crippen molar-refractivity contribution >= 4 is 91.4 Å². The molecule has 1 aromatic heterocycles. The number of nitrogens with one attached hydrogen (secondary N) is 8. The average molecular weight is 1080 g/mol. The number of carboxylic acid groups (broad SMARTS) is 1. The first-order valence-corrected chi connectivity index (χ1v) is 26.7. The van der Waals surface area contributed by atoms with Gasteiger partial charge in [-0.15, -0.1) is 0 Å². The minimum Gasteiger partial charge on any atom is -0.508 e. The second-order valence-corrected chi connectivity index (χ2v) is 21.0. The zero-order valence-electron chi connectivity index (χ0n) is 41.5. The third-order valence-corrected chi connectivity index (χ3v) is 14.6. The zero-order valence-corrected chi connectivity index (χ0v) is 43.1. The molecule has 3 aromatic carbocycles. The van der Waals surface area contributed by atoms with Crippen LogP contribution in [0.1, 0.15) is 56.2 Å². The number of fused-ring (bicyclic) bond motifs is 1. The minimum atomic E-state index is -1.68. The standard InChI is InChI=1S/C50H66N12O11S2/c1-26(2)42-50(73)61-40(48(71)57-36(43(54)66)22-41(64)65)25-75-74-24-39(60-44(67)33(53)19-27-10-14-30(52)15-11-27)49(72)58-37(20-28-12-16-31(63)17-13-28)46(69)59-38(21-29-23-55-34-8-4-3-7-32(29)34)47(70)56-35(45(68)62-42)9-5-6-18-51/h3-4,7-8,10-17,23,26,33,35-40,42,55,63H,5-6,9,18-22,24-25,51-53H2,1-2H3,(H2,54,66)(H,56,70)(H,57,71)(H,58,72)(H,59,69)(H,60,67)(H,61,73)(H,62,68)(H,64,65)/t33-,35-,36-,37-,38+,39-,40+,42+/m0/s1. The number of anilines is 1. The smallest absolute Gasteiger partial charge is 0.305 e. The van der Waals surface area contributed by atoms with E-state index in [-0.39, 0.29) is 49.5 Å². The molecule has 404 valence electrons. The highest BCUT2D eigenvalue weighted by Gasteiger charge is 2.36. The lowest BCUT2D eigenvalue weighted by Crippen LogP contribution is -2.61. The van der Waals surface area contributed by atoms with E-state index in [4.69, 9.17) is 22.9 Å². The predicted octanol–water partition coefficient (Wildman–Crippen LogP) is -0.655. The van der Waals surface area contributed by atoms with E-state index in [0.29, 0.717) is 35.2 Å². The number of carbonyl (C=O) groups is 9. The van der Waals surface area contributed by atoms with Crippen LogP contribution in [-0.2, 0) is 62.4 Å². The van der Waals surface area contributed by atoms with Gasteiger partial charge in [0.2, 0.25) is 47.3 Å². The SMILES string of the molecule is CC(C)[C@H]1NC(=O)[C@H](CCCCN)NC(=O)[C@@H](Cc2c[nH]c3ccccc23)NC(=O)[C@H](Cc2ccc(O)cc2)NC(=O)[C@@H](NC(=O)[C@@H](N)Cc2ccc(N)cc2)CSSC[C@H](C(=O)N[C@@H](CC(=O)O)C(N)=O)NC1=O. The number of aliphatic carboxylic acids is 1. The van der Waals surface area contributed by atoms with E-state index in [1.807, 2.05) is 18.2 Å². The molecule has 4 aromatic rings. The van der Waals surface area contributed by atoms with Crippen molar-refractivity contribution in [2.24, 2.45) is 23.1 Å². The molecule has 18 N–H and O–H groups in total. The number of carboxylic acids is 1. The fourth-order valence-corrected chi connectivity index (χ4v) is 10.3. The van der Waals surface area contributed by atoms with Crippen LogP contribution in [0.4, 0.5) is 5.69 Å². The Kier molecular flexibility index (Phi) is 22.1. The van der Waals surface area contributed by atoms with Crippen molar-refractivity contribution in [3.8, 4) is 5.75 Å². The van der Waals surface area contributed by atoms with Crippen molar-refractivity contribution in [1.29, 1.82) is 0 Å². The number of benzene rings is 3. The van der Waals surface area contributed by atoms with Crippen LogP contribution < -0.4 is 60.2 Å². The normalized spacial score (nSPS) is 21.3. The quantitative estimate of drug-likeness (QED) is 0.0334. The number of nitrogens with two attached hydrogens (primary N) is 4. The first-order chi connectivity index (χ1) is 35.7. The molecule has 1 saturated heterocycles. The lowest BCUT2D eigenvalue weighted by atomic mass is 10.00. The molecule has 75 heavy (non-hydrogen) atoms. The summed E-state index contributed by atoms with van der Waals surface area (Å²) in [6, 6.07) is 8.54. The van der Waals surface area contributed by atoms with Gasteiger partial charge in [0.25, 0.3) is 0 Å². The number of aromatic nitrogens is 1. The number of hydrogen-bond donors (Lipinski definition) is 14. The molecule has 8 amide bonds. The molecule has 1 fully saturated rings. The van der Waals surface area contributed by atoms with Gasteiger partial charge in [-0.1, -0.05) is 77.9 Å². The van der Waals surface area contributed by atoms with Crippen LogP contribution in [0.3, 0.4) is 0 Å². The summed E-state index contributed by atoms with van der Waals surface area (Å²) in [6.45, 7) is 3.52. The monoisotopic (exact) mass is 1070 g/mol. The fourth-order valence-electron chi connectivity index (χ4n) is 7.98. The van der Waals surface area contributed by atoms with Gasteiger partial charge in [0, 0.05) is 47.1 Å². The van der Waals surface area contributed by atoms with Crippen molar-refractivity contribution in [3.05, 3.63) is 95.7 Å². The number of phenolic OH excluding ortho intramolecular Hbond substituents is 1. The number of nitrogen functional groups attached to an aromatic ring is 1. The number of H-pyrrole nitrogens is 1. The number of aromatic amines is 1. The van der Waals surface area contributed by atoms with Crippen molar-refractivity contribution < 1.29 is 53.4 Å². The van der Waals surface area contributed by atoms with Gasteiger partial charge in [-0.25, -0.2) is 0 Å². The van der Waals surface area contributed by atoms with Crippen LogP contribution >= 0.6 is 21.6 Å². The highest BCUT2D eigenvalue weighted by atomic mass is 33.1. The number of para-hydroxylation sites is 1. The Bertz CT molecular complexity index is 2650. The van der Waals surface area contributed by atoms with Crippen molar-refractivity contribution in [1.82, 2.24) is 42.2 Å². The topological polar surface area (TPSA) is 398 Å². The van der Waals surface area contributed by atoms with Gasteiger partial charge >= 0.3 is 5.97 Å². The highest BCUT2D eigenvalue weighted by molar-refractivity contribution is 8.76. The molecule has 0 radical (unpaired) electrons. The summed E-state index contributed by atoms with van der Waals surface area (Å²) in [4.78, 5) is 127. The predicted molar refractivity (Wildman–Crippen MR) is 284 cm³/mol. The van der Waals surface area contributed by atoms with Crippen LogP contribution in [0, 0.1) is 5.92 Å². The molecule has 25 heteroatoms. The van der Waals surface area contributed by atoms with E-state index in [1.165, 1.54) is 24.3 Å². The molecule has 5 rings (SSSR count). The van der Waals surface area contributed by atoms with Gasteiger partial charge < -0.3 is 75.3 Å². The molecule has 0 saturated carbocycles. The van der Waals surface area contributed by atoms with E-state index in [2.05, 4.69) is 42.2 Å². The summed E-state index contributed by atoms with van der Waals surface area (Å²) < 4.78 is 0. The van der Waals surface area contributed by atoms with Crippen LogP contribution in [0.2, 0.25) is 0 Å². The summed E-state index contributed by atoms with van der Waals surface area (Å²) in [5.74, 6) is -9.72. The second kappa shape index (κ2) is 28.4. The Morgan fingerprint density at radius 1 is 0.747 bits per heavy atom. The third-order valence-electron chi connectivity index (χ3n) is 12.2. The maximum atomic E-state index is 14.8. The molecule has 1 aliphatic heterocycles. The summed E-state index contributed by atoms with van der Waals surface area (Å²) in [5, 5.41) is 38.9. The number of primary amides is 1. The fraction of sp³-hybridized carbons (Fsp3) is 0.420. The number of unbranched alkanes of at least 4 members (excludes halogenated alkanes) is 1. The number of carbonyl (C=O) groups excluding carboxylic acids is 8. The van der Waals surface area contributed by atoms with Gasteiger partial charge in [0.1, 0.15) is 48.0 Å². The number of aromatic hydroxyl groups is 1. The second-order valence-electron chi connectivity index (χ2n) is 18.4. The number of amides is 8. The van der Waals surface area contributed by atoms with Gasteiger partial charge in [0.15, 0.2) is 0 Å². The Morgan fingerprint density at radius 2 is 1.36 bits per heavy atom. The number of hydrogen-bond acceptors (Lipinski definition) is 15. The molecule has 2 heterocycles. The molecule has 0 aliphatic carbocycles. The molecule has 0 unspecified atom stereocenters. The van der Waals surface area contributed by atoms with Crippen LogP contribution in [0.5, 0.6) is 5.75 Å². The third kappa shape index (κ3) is 17.9. The Labute approximate surface area is 440 Å². The van der Waals surface area contributed by atoms with Gasteiger partial charge in [-0.2, -0.15) is 0 Å². The summed E-state index contributed by atoms with van der Waals surface area (Å²) in [7, 11) is 1.92. The lowest BCUT2D eigenvalue weighted by Gasteiger charge is -2.29. The first kappa shape index (κ1) is 58.5. The van der Waals surface area contributed by atoms with E-state index in [0.717, 1.165) is 32.5 Å². The van der Waals surface area contributed by atoms with Crippen molar-refractivity contribution in [3.63, 3.8) is 0 Å². The van der Waals surface area contributed by atoms with Gasteiger partial charge in [-0.3, -0.25) is 43.2 Å². The van der Waals surface area contributed by atoms with E-state index in [9.17, 15) is 53.4 Å². The minimum absolute atomic E-state index is 0.0439. The summed E-state index contributed by atoms with van der Waals surface area (Å²) >= 11 is 0. The average Bonchev–Trinajstić information content (AvgIpc) is 3.77. The first-order valence-electron chi connectivity index (χ1n) is 24.2. The lowest BCUT2D eigenvalue weighted by molar-refractivity contribution is -0.140. The Hall–Kier alpha value is -7.35. The van der Waals surface area contributed by atoms with Crippen LogP contribution in [0.15, 0.2) is 79.0 Å². The van der Waals surface area contributed by atoms with Gasteiger partial charge in [0.05, 0.1) is 12.5 Å². The molecular formula is C50H66N12O11S2. The molecule has 0 spiro atoms. The van der Waals surface area contributed by atoms with Crippen LogP contribution in [-0.4, -0.2) is 135 Å². The Balaban J connectivity index is 1.58. The summed E-state index contributed by atoms with van der Waals surface area (Å²) in [5.41, 5.74) is 26.5. The zero-order chi connectivity index (χ0) is 54.8. The van der Waals surface area contributed by atoms with Gasteiger partial charge in [-0.05, 0) is 85.2 Å². The molecular weight excluding hydrogens is 1010 g/mol. The number of rotatable bonds is 18. The van der Waals surface area contributed by atoms with E-state index >= 15 is 0 Å². The highest BCUT2D eigenvalue weighted by Crippen LogP contribution is 2.25. The maximum absolute atomic E-state index is 14.8. The van der Waals surface area contributed by atoms with E-state index < -0.39 is 114 Å². The molecule has 23 nitrogen and oxygen atoms in total. The van der Waals surface area contributed by atoms with Crippen molar-refractivity contribution in [2.75, 3.05) is 23.8 Å². The van der Waals surface area contributed by atoms with Crippen LogP contribution in [0.25, 0.3) is 10.9 Å². The largest absolute Gasteiger partial charge is 0.508 e. The molecule has 8 atom stereocenters. The maximum Gasteiger partial charge on any atom is 0.305 e. The Morgan fingerprint density at radius 3 is 2.01 bits per heavy atom.